The lowest BCUT2D eigenvalue weighted by Crippen LogP contribution is -1.97. The number of hydrogen-bond acceptors (Lipinski definition) is 6. The van der Waals surface area contributed by atoms with E-state index in [-0.39, 0.29) is 23.8 Å². The van der Waals surface area contributed by atoms with Crippen molar-refractivity contribution in [1.29, 1.82) is 0 Å². The number of thiophene rings is 1. The van der Waals surface area contributed by atoms with Gasteiger partial charge in [0.15, 0.2) is 11.5 Å². The van der Waals surface area contributed by atoms with Crippen LogP contribution in [0.5, 0.6) is 5.75 Å². The fraction of sp³-hybridized carbons (Fsp3) is 0.0800. The van der Waals surface area contributed by atoms with E-state index in [2.05, 4.69) is 12.1 Å². The highest BCUT2D eigenvalue weighted by molar-refractivity contribution is 7.14. The standard InChI is InChI=1S/C25H19NO5S/c27-23(25-15-13-21(32-25)16-18-6-2-1-3-7-18)14-12-19-10-11-20(31-19)17-30-24-9-5-4-8-22(24)26(28)29/h1-15H,16-17H2/b14-12+. The van der Waals surface area contributed by atoms with E-state index in [1.807, 2.05) is 30.3 Å². The molecule has 7 heteroatoms. The number of nitrogens with zero attached hydrogens (tertiary/aromatic N) is 1. The Kier molecular flexibility index (Phi) is 6.57. The molecule has 0 aliphatic heterocycles. The molecule has 0 aliphatic carbocycles. The number of ketones is 1. The SMILES string of the molecule is O=C(/C=C/c1ccc(COc2ccccc2[N+](=O)[O-])o1)c1ccc(Cc2ccccc2)s1. The molecular formula is C25H19NO5S. The van der Waals surface area contributed by atoms with Crippen LogP contribution in [0.2, 0.25) is 0 Å². The number of furan rings is 1. The monoisotopic (exact) mass is 445 g/mol. The number of carbonyl (C=O) groups is 1. The van der Waals surface area contributed by atoms with Crippen molar-refractivity contribution >= 4 is 28.9 Å². The Morgan fingerprint density at radius 1 is 1.00 bits per heavy atom. The first-order valence-corrected chi connectivity index (χ1v) is 10.7. The quantitative estimate of drug-likeness (QED) is 0.130. The van der Waals surface area contributed by atoms with E-state index >= 15 is 0 Å². The van der Waals surface area contributed by atoms with Gasteiger partial charge < -0.3 is 9.15 Å². The maximum Gasteiger partial charge on any atom is 0.310 e. The van der Waals surface area contributed by atoms with Crippen LogP contribution in [0, 0.1) is 10.1 Å². The van der Waals surface area contributed by atoms with Crippen LogP contribution in [0.25, 0.3) is 6.08 Å². The number of hydrogen-bond donors (Lipinski definition) is 0. The summed E-state index contributed by atoms with van der Waals surface area (Å²) in [7, 11) is 0. The summed E-state index contributed by atoms with van der Waals surface area (Å²) in [6.07, 6.45) is 3.88. The molecule has 0 unspecified atom stereocenters. The van der Waals surface area contributed by atoms with Crippen molar-refractivity contribution in [1.82, 2.24) is 0 Å². The van der Waals surface area contributed by atoms with Gasteiger partial charge in [-0.1, -0.05) is 42.5 Å². The van der Waals surface area contributed by atoms with Crippen LogP contribution in [0.4, 0.5) is 5.69 Å². The highest BCUT2D eigenvalue weighted by atomic mass is 32.1. The molecule has 2 heterocycles. The van der Waals surface area contributed by atoms with Gasteiger partial charge in [0.2, 0.25) is 0 Å². The zero-order chi connectivity index (χ0) is 22.3. The van der Waals surface area contributed by atoms with Crippen molar-refractivity contribution in [3.63, 3.8) is 0 Å². The van der Waals surface area contributed by atoms with E-state index in [0.29, 0.717) is 16.4 Å². The summed E-state index contributed by atoms with van der Waals surface area (Å²) in [6.45, 7) is 0.0421. The first kappa shape index (κ1) is 21.3. The van der Waals surface area contributed by atoms with Crippen LogP contribution >= 0.6 is 11.3 Å². The van der Waals surface area contributed by atoms with Crippen molar-refractivity contribution in [2.24, 2.45) is 0 Å². The molecule has 0 N–H and O–H groups in total. The number of nitro groups is 1. The molecule has 32 heavy (non-hydrogen) atoms. The van der Waals surface area contributed by atoms with E-state index in [1.54, 1.807) is 30.3 Å². The van der Waals surface area contributed by atoms with Crippen LogP contribution in [0.1, 0.15) is 31.6 Å². The molecule has 0 radical (unpaired) electrons. The number of nitro benzene ring substituents is 1. The second-order valence-corrected chi connectivity index (χ2v) is 8.11. The topological polar surface area (TPSA) is 82.6 Å². The average Bonchev–Trinajstić information content (AvgIpc) is 3.46. The van der Waals surface area contributed by atoms with Crippen molar-refractivity contribution in [2.45, 2.75) is 13.0 Å². The number of benzene rings is 2. The zero-order valence-corrected chi connectivity index (χ0v) is 17.8. The van der Waals surface area contributed by atoms with Crippen molar-refractivity contribution in [3.8, 4) is 5.75 Å². The van der Waals surface area contributed by atoms with Crippen LogP contribution in [-0.2, 0) is 13.0 Å². The maximum atomic E-state index is 12.5. The summed E-state index contributed by atoms with van der Waals surface area (Å²) in [5.74, 6) is 1.07. The van der Waals surface area contributed by atoms with Gasteiger partial charge in [0.1, 0.15) is 18.1 Å². The molecule has 6 nitrogen and oxygen atoms in total. The fourth-order valence-corrected chi connectivity index (χ4v) is 4.05. The highest BCUT2D eigenvalue weighted by Crippen LogP contribution is 2.27. The van der Waals surface area contributed by atoms with E-state index in [4.69, 9.17) is 9.15 Å². The largest absolute Gasteiger partial charge is 0.479 e. The van der Waals surface area contributed by atoms with Crippen molar-refractivity contribution < 1.29 is 18.9 Å². The van der Waals surface area contributed by atoms with E-state index in [1.165, 1.54) is 35.1 Å². The third-order valence-electron chi connectivity index (χ3n) is 4.64. The van der Waals surface area contributed by atoms with Gasteiger partial charge in [-0.3, -0.25) is 14.9 Å². The average molecular weight is 445 g/mol. The Hall–Kier alpha value is -3.97. The Morgan fingerprint density at radius 3 is 2.59 bits per heavy atom. The van der Waals surface area contributed by atoms with Crippen LogP contribution < -0.4 is 4.74 Å². The predicted molar refractivity (Wildman–Crippen MR) is 123 cm³/mol. The minimum atomic E-state index is -0.493. The third kappa shape index (κ3) is 5.39. The lowest BCUT2D eigenvalue weighted by atomic mass is 10.1. The van der Waals surface area contributed by atoms with E-state index in [9.17, 15) is 14.9 Å². The normalized spacial score (nSPS) is 11.0. The van der Waals surface area contributed by atoms with Gasteiger partial charge in [-0.15, -0.1) is 11.3 Å². The van der Waals surface area contributed by atoms with Gasteiger partial charge >= 0.3 is 5.69 Å². The Bertz CT molecular complexity index is 1260. The molecule has 0 saturated carbocycles. The third-order valence-corrected chi connectivity index (χ3v) is 5.74. The summed E-state index contributed by atoms with van der Waals surface area (Å²) in [4.78, 5) is 24.9. The smallest absolute Gasteiger partial charge is 0.310 e. The Labute approximate surface area is 188 Å². The lowest BCUT2D eigenvalue weighted by molar-refractivity contribution is -0.386. The van der Waals surface area contributed by atoms with Gasteiger partial charge in [0.25, 0.3) is 0 Å². The number of para-hydroxylation sites is 2. The molecule has 2 aromatic carbocycles. The molecule has 2 aromatic heterocycles. The molecule has 0 amide bonds. The number of ether oxygens (including phenoxy) is 1. The van der Waals surface area contributed by atoms with Gasteiger partial charge in [0.05, 0.1) is 9.80 Å². The molecule has 0 fully saturated rings. The Balaban J connectivity index is 1.35. The molecule has 0 atom stereocenters. The molecule has 0 bridgehead atoms. The fourth-order valence-electron chi connectivity index (χ4n) is 3.08. The maximum absolute atomic E-state index is 12.5. The number of rotatable bonds is 9. The summed E-state index contributed by atoms with van der Waals surface area (Å²) in [6, 6.07) is 23.5. The second-order valence-electron chi connectivity index (χ2n) is 6.94. The molecule has 160 valence electrons. The van der Waals surface area contributed by atoms with Crippen molar-refractivity contribution in [2.75, 3.05) is 0 Å². The van der Waals surface area contributed by atoms with Crippen LogP contribution in [0.15, 0.2) is 89.4 Å². The number of allylic oxidation sites excluding steroid dienone is 1. The minimum absolute atomic E-state index is 0.0421. The minimum Gasteiger partial charge on any atom is -0.479 e. The van der Waals surface area contributed by atoms with Crippen LogP contribution in [-0.4, -0.2) is 10.7 Å². The molecule has 0 spiro atoms. The predicted octanol–water partition coefficient (Wildman–Crippen LogP) is 6.32. The van der Waals surface area contributed by atoms with Gasteiger partial charge in [0, 0.05) is 17.4 Å². The summed E-state index contributed by atoms with van der Waals surface area (Å²) < 4.78 is 11.2. The molecule has 0 aliphatic rings. The van der Waals surface area contributed by atoms with E-state index in [0.717, 1.165) is 11.3 Å². The Morgan fingerprint density at radius 2 is 1.78 bits per heavy atom. The highest BCUT2D eigenvalue weighted by Gasteiger charge is 2.14. The molecule has 4 aromatic rings. The van der Waals surface area contributed by atoms with E-state index < -0.39 is 4.92 Å². The van der Waals surface area contributed by atoms with Gasteiger partial charge in [-0.2, -0.15) is 0 Å². The van der Waals surface area contributed by atoms with Gasteiger partial charge in [-0.25, -0.2) is 0 Å². The first-order chi connectivity index (χ1) is 15.6. The molecule has 0 saturated heterocycles. The summed E-state index contributed by atoms with van der Waals surface area (Å²) in [5.41, 5.74) is 1.10. The lowest BCUT2D eigenvalue weighted by Gasteiger charge is -2.04. The molecular weight excluding hydrogens is 426 g/mol. The van der Waals surface area contributed by atoms with Gasteiger partial charge in [-0.05, 0) is 48.0 Å². The summed E-state index contributed by atoms with van der Waals surface area (Å²) in [5, 5.41) is 11.1. The van der Waals surface area contributed by atoms with Crippen LogP contribution in [0.3, 0.4) is 0 Å². The molecule has 4 rings (SSSR count). The van der Waals surface area contributed by atoms with Crippen molar-refractivity contribution in [3.05, 3.63) is 122 Å². The number of carbonyl (C=O) groups excluding carboxylic acids is 1. The summed E-state index contributed by atoms with van der Waals surface area (Å²) >= 11 is 1.48. The first-order valence-electron chi connectivity index (χ1n) is 9.88. The zero-order valence-electron chi connectivity index (χ0n) is 17.0. The second kappa shape index (κ2) is 9.89.